The van der Waals surface area contributed by atoms with E-state index in [1.807, 2.05) is 33.3 Å². The highest BCUT2D eigenvalue weighted by Crippen LogP contribution is 2.43. The van der Waals surface area contributed by atoms with Crippen LogP contribution in [-0.2, 0) is 27.9 Å². The second-order valence-corrected chi connectivity index (χ2v) is 23.3. The van der Waals surface area contributed by atoms with Gasteiger partial charge in [-0.3, -0.25) is 18.6 Å². The second kappa shape index (κ2) is 53.8. The lowest BCUT2D eigenvalue weighted by Gasteiger charge is -2.27. The SMILES string of the molecule is CCCCC/C=C\C/C=C\C/C=C\C/C=C\CCCCCCCC(=O)OC(/C=C\CCCCCCCCCCCC)C(COP(=O)(O)OCC[N+](C)(C)C)NC(=O)CCCCCCCCC/C=C\CCCCCC. The lowest BCUT2D eigenvalue weighted by molar-refractivity contribution is -0.870. The number of nitrogens with zero attached hydrogens (tertiary/aromatic N) is 1. The molecule has 0 fully saturated rings. The summed E-state index contributed by atoms with van der Waals surface area (Å²) < 4.78 is 30.7. The van der Waals surface area contributed by atoms with Crippen LogP contribution in [0.1, 0.15) is 271 Å². The molecule has 0 spiro atoms. The molecule has 74 heavy (non-hydrogen) atoms. The van der Waals surface area contributed by atoms with Gasteiger partial charge in [-0.25, -0.2) is 4.57 Å². The molecule has 0 rings (SSSR count). The van der Waals surface area contributed by atoms with Gasteiger partial charge in [0.05, 0.1) is 33.8 Å². The van der Waals surface area contributed by atoms with Gasteiger partial charge in [-0.05, 0) is 102 Å². The van der Waals surface area contributed by atoms with Gasteiger partial charge >= 0.3 is 13.8 Å². The third-order valence-corrected chi connectivity index (χ3v) is 14.4. The van der Waals surface area contributed by atoms with Gasteiger partial charge in [0, 0.05) is 12.8 Å². The van der Waals surface area contributed by atoms with Gasteiger partial charge in [0.1, 0.15) is 19.3 Å². The number of esters is 1. The number of quaternary nitrogens is 1. The van der Waals surface area contributed by atoms with Gasteiger partial charge in [-0.2, -0.15) is 0 Å². The zero-order valence-corrected chi connectivity index (χ0v) is 50.0. The topological polar surface area (TPSA) is 111 Å². The number of carbonyl (C=O) groups excluding carboxylic acids is 2. The number of hydrogen-bond acceptors (Lipinski definition) is 6. The normalized spacial score (nSPS) is 14.2. The van der Waals surface area contributed by atoms with Crippen LogP contribution in [0.3, 0.4) is 0 Å². The average Bonchev–Trinajstić information content (AvgIpc) is 3.36. The smallest absolute Gasteiger partial charge is 0.456 e. The molecule has 0 aliphatic rings. The molecular formula is C64H118N2O7P+. The first kappa shape index (κ1) is 71.5. The fourth-order valence-electron chi connectivity index (χ4n) is 8.56. The standard InChI is InChI=1S/C64H117N2O7P/c1-7-10-13-16-19-22-25-28-30-31-32-33-34-35-37-39-42-45-48-51-54-57-64(68)73-62(55-52-49-46-43-40-27-24-21-18-15-12-9-3)61(60-72-74(69,70)71-59-58-66(4,5)6)65-63(67)56-53-50-47-44-41-38-36-29-26-23-20-17-14-11-8-2/h19,22-23,26,28,30,32-33,35,37,52,55,61-62H,7-18,20-21,24-25,27,29,31,34,36,38-51,53-54,56-60H2,1-6H3,(H-,65,67,69,70)/p+1/b22-19-,26-23-,30-28-,33-32-,37-35-,55-52-. The van der Waals surface area contributed by atoms with Gasteiger partial charge in [-0.15, -0.1) is 0 Å². The van der Waals surface area contributed by atoms with Crippen molar-refractivity contribution in [2.75, 3.05) is 40.9 Å². The minimum Gasteiger partial charge on any atom is -0.456 e. The van der Waals surface area contributed by atoms with Gasteiger partial charge in [-0.1, -0.05) is 229 Å². The van der Waals surface area contributed by atoms with Crippen molar-refractivity contribution in [3.63, 3.8) is 0 Å². The summed E-state index contributed by atoms with van der Waals surface area (Å²) in [6.45, 7) is 6.96. The average molecular weight is 1060 g/mol. The molecule has 9 nitrogen and oxygen atoms in total. The van der Waals surface area contributed by atoms with Crippen molar-refractivity contribution in [3.8, 4) is 0 Å². The fourth-order valence-corrected chi connectivity index (χ4v) is 9.30. The number of nitrogens with one attached hydrogen (secondary N) is 1. The maximum absolute atomic E-state index is 13.5. The summed E-state index contributed by atoms with van der Waals surface area (Å²) in [5, 5.41) is 3.05. The van der Waals surface area contributed by atoms with Crippen molar-refractivity contribution >= 4 is 19.7 Å². The lowest BCUT2D eigenvalue weighted by atomic mass is 10.0. The summed E-state index contributed by atoms with van der Waals surface area (Å²) in [5.74, 6) is -0.530. The molecule has 0 aromatic heterocycles. The summed E-state index contributed by atoms with van der Waals surface area (Å²) in [4.78, 5) is 37.7. The van der Waals surface area contributed by atoms with Crippen molar-refractivity contribution in [1.29, 1.82) is 0 Å². The molecule has 10 heteroatoms. The van der Waals surface area contributed by atoms with E-state index >= 15 is 0 Å². The Morgan fingerprint density at radius 2 is 0.824 bits per heavy atom. The van der Waals surface area contributed by atoms with Gasteiger partial charge < -0.3 is 19.4 Å². The zero-order chi connectivity index (χ0) is 54.3. The molecule has 3 unspecified atom stereocenters. The van der Waals surface area contributed by atoms with E-state index in [0.717, 1.165) is 103 Å². The Bertz CT molecular complexity index is 1500. The minimum atomic E-state index is -4.45. The molecule has 430 valence electrons. The van der Waals surface area contributed by atoms with E-state index in [9.17, 15) is 19.0 Å². The molecule has 0 saturated heterocycles. The van der Waals surface area contributed by atoms with Crippen LogP contribution >= 0.6 is 7.82 Å². The Morgan fingerprint density at radius 1 is 0.473 bits per heavy atom. The van der Waals surface area contributed by atoms with Gasteiger partial charge in [0.25, 0.3) is 0 Å². The summed E-state index contributed by atoms with van der Waals surface area (Å²) in [5.41, 5.74) is 0. The van der Waals surface area contributed by atoms with Crippen LogP contribution in [0.5, 0.6) is 0 Å². The predicted molar refractivity (Wildman–Crippen MR) is 318 cm³/mol. The lowest BCUT2D eigenvalue weighted by Crippen LogP contribution is -2.47. The van der Waals surface area contributed by atoms with Crippen molar-refractivity contribution in [2.45, 2.75) is 283 Å². The number of likely N-dealkylation sites (N-methyl/N-ethyl adjacent to an activating group) is 1. The summed E-state index contributed by atoms with van der Waals surface area (Å²) in [6, 6.07) is -0.860. The van der Waals surface area contributed by atoms with Gasteiger partial charge in [0.15, 0.2) is 0 Å². The molecule has 0 bridgehead atoms. The second-order valence-electron chi connectivity index (χ2n) is 21.9. The Balaban J connectivity index is 5.30. The molecule has 0 heterocycles. The number of rotatable bonds is 55. The maximum Gasteiger partial charge on any atom is 0.472 e. The van der Waals surface area contributed by atoms with Crippen molar-refractivity contribution < 1.29 is 37.3 Å². The van der Waals surface area contributed by atoms with E-state index in [2.05, 4.69) is 86.8 Å². The van der Waals surface area contributed by atoms with Crippen molar-refractivity contribution in [3.05, 3.63) is 72.9 Å². The third kappa shape index (κ3) is 54.2. The summed E-state index contributed by atoms with van der Waals surface area (Å²) in [7, 11) is 1.48. The van der Waals surface area contributed by atoms with Crippen LogP contribution in [0.15, 0.2) is 72.9 Å². The van der Waals surface area contributed by atoms with Crippen LogP contribution < -0.4 is 5.32 Å². The minimum absolute atomic E-state index is 0.0340. The first-order chi connectivity index (χ1) is 35.9. The number of carbonyl (C=O) groups is 2. The van der Waals surface area contributed by atoms with E-state index < -0.39 is 20.0 Å². The maximum atomic E-state index is 13.5. The molecule has 2 N–H and O–H groups in total. The fraction of sp³-hybridized carbons (Fsp3) is 0.781. The third-order valence-electron chi connectivity index (χ3n) is 13.4. The molecule has 0 aliphatic heterocycles. The van der Waals surface area contributed by atoms with Crippen LogP contribution in [0.25, 0.3) is 0 Å². The summed E-state index contributed by atoms with van der Waals surface area (Å²) in [6.07, 6.45) is 68.9. The number of ether oxygens (including phenoxy) is 1. The monoisotopic (exact) mass is 1060 g/mol. The van der Waals surface area contributed by atoms with Crippen LogP contribution in [-0.4, -0.2) is 74.3 Å². The van der Waals surface area contributed by atoms with E-state index in [4.69, 9.17) is 13.8 Å². The zero-order valence-electron chi connectivity index (χ0n) is 49.1. The number of unbranched alkanes of at least 4 members (excludes halogenated alkanes) is 29. The first-order valence-corrected chi connectivity index (χ1v) is 32.3. The summed E-state index contributed by atoms with van der Waals surface area (Å²) >= 11 is 0. The Hall–Kier alpha value is -2.55. The van der Waals surface area contributed by atoms with E-state index in [1.165, 1.54) is 128 Å². The number of amides is 1. The van der Waals surface area contributed by atoms with Crippen LogP contribution in [0.4, 0.5) is 0 Å². The van der Waals surface area contributed by atoms with Crippen LogP contribution in [0.2, 0.25) is 0 Å². The van der Waals surface area contributed by atoms with E-state index in [0.29, 0.717) is 23.9 Å². The Kier molecular flexibility index (Phi) is 52.0. The van der Waals surface area contributed by atoms with Gasteiger partial charge in [0.2, 0.25) is 5.91 Å². The highest BCUT2D eigenvalue weighted by Gasteiger charge is 2.30. The molecule has 0 aromatic carbocycles. The number of phosphoric acid groups is 1. The quantitative estimate of drug-likeness (QED) is 0.0205. The number of phosphoric ester groups is 1. The molecule has 0 aromatic rings. The largest absolute Gasteiger partial charge is 0.472 e. The van der Waals surface area contributed by atoms with E-state index in [-0.39, 0.29) is 31.5 Å². The first-order valence-electron chi connectivity index (χ1n) is 30.8. The highest BCUT2D eigenvalue weighted by atomic mass is 31.2. The number of allylic oxidation sites excluding steroid dienone is 11. The predicted octanol–water partition coefficient (Wildman–Crippen LogP) is 18.8. The molecule has 1 amide bonds. The van der Waals surface area contributed by atoms with E-state index in [1.54, 1.807) is 0 Å². The molecule has 0 aliphatic carbocycles. The highest BCUT2D eigenvalue weighted by molar-refractivity contribution is 7.47. The number of hydrogen-bond donors (Lipinski definition) is 2. The molecule has 3 atom stereocenters. The Labute approximate surface area is 457 Å². The van der Waals surface area contributed by atoms with Crippen LogP contribution in [0, 0.1) is 0 Å². The van der Waals surface area contributed by atoms with Crippen molar-refractivity contribution in [2.24, 2.45) is 0 Å². The molecule has 0 saturated carbocycles. The Morgan fingerprint density at radius 3 is 1.28 bits per heavy atom. The van der Waals surface area contributed by atoms with Crippen molar-refractivity contribution in [1.82, 2.24) is 5.32 Å². The molecule has 0 radical (unpaired) electrons. The molecular weight excluding hydrogens is 940 g/mol.